The molecule has 0 spiro atoms. The molecule has 2 rings (SSSR count). The lowest BCUT2D eigenvalue weighted by atomic mass is 10.5. The number of aromatic amines is 1. The maximum atomic E-state index is 6.32. The van der Waals surface area contributed by atoms with Crippen LogP contribution in [0, 0.1) is 0 Å². The summed E-state index contributed by atoms with van der Waals surface area (Å²) in [6.45, 7) is 0. The first kappa shape index (κ1) is 15.1. The zero-order valence-corrected chi connectivity index (χ0v) is 13.6. The summed E-state index contributed by atoms with van der Waals surface area (Å²) in [5.41, 5.74) is 1.31. The Kier molecular flexibility index (Phi) is 4.19. The van der Waals surface area contributed by atoms with Crippen molar-refractivity contribution < 1.29 is 4.52 Å². The monoisotopic (exact) mass is 298 g/mol. The van der Waals surface area contributed by atoms with Crippen LogP contribution in [0.4, 0.5) is 0 Å². The lowest BCUT2D eigenvalue weighted by Gasteiger charge is -2.36. The van der Waals surface area contributed by atoms with Crippen molar-refractivity contribution in [1.82, 2.24) is 33.9 Å². The Morgan fingerprint density at radius 3 is 2.10 bits per heavy atom. The molecule has 0 bridgehead atoms. The van der Waals surface area contributed by atoms with Crippen molar-refractivity contribution in [3.8, 4) is 5.88 Å². The lowest BCUT2D eigenvalue weighted by molar-refractivity contribution is 0.347. The Morgan fingerprint density at radius 2 is 1.55 bits per heavy atom. The van der Waals surface area contributed by atoms with Crippen LogP contribution in [0.5, 0.6) is 5.88 Å². The second kappa shape index (κ2) is 5.57. The second-order valence-electron chi connectivity index (χ2n) is 4.93. The van der Waals surface area contributed by atoms with Crippen molar-refractivity contribution in [3.05, 3.63) is 12.7 Å². The number of hydrogen-bond donors (Lipinski definition) is 1. The molecule has 8 nitrogen and oxygen atoms in total. The first-order valence-electron chi connectivity index (χ1n) is 6.15. The van der Waals surface area contributed by atoms with Gasteiger partial charge in [0, 0.05) is 42.3 Å². The highest BCUT2D eigenvalue weighted by atomic mass is 31.2. The van der Waals surface area contributed by atoms with Gasteiger partial charge in [-0.25, -0.2) is 9.97 Å². The van der Waals surface area contributed by atoms with Crippen LogP contribution in [0.15, 0.2) is 12.7 Å². The number of nitrogens with zero attached hydrogens (tertiary/aromatic N) is 6. The Bertz CT molecular complexity index is 561. The molecule has 0 aliphatic heterocycles. The molecule has 0 radical (unpaired) electrons. The van der Waals surface area contributed by atoms with Crippen molar-refractivity contribution in [2.24, 2.45) is 0 Å². The Labute approximate surface area is 119 Å². The molecule has 0 saturated heterocycles. The van der Waals surface area contributed by atoms with Gasteiger partial charge in [0.25, 0.3) is 0 Å². The van der Waals surface area contributed by atoms with Crippen LogP contribution in [-0.2, 0) is 0 Å². The smallest absolute Gasteiger partial charge is 0.339 e. The normalized spacial score (nSPS) is 12.8. The largest absolute Gasteiger partial charge is 0.418 e. The molecule has 1 N–H and O–H groups in total. The summed E-state index contributed by atoms with van der Waals surface area (Å²) in [6.07, 6.45) is 3.06. The van der Waals surface area contributed by atoms with Crippen molar-refractivity contribution in [2.75, 3.05) is 42.3 Å². The molecular formula is C11H21N7OP+. The SMILES string of the molecule is CN(C)[P+](Oc1ncnc2nc[nH]c12)(N(C)C)N(C)C. The van der Waals surface area contributed by atoms with Crippen molar-refractivity contribution in [1.29, 1.82) is 0 Å². The minimum atomic E-state index is -2.15. The summed E-state index contributed by atoms with van der Waals surface area (Å²) in [5, 5.41) is 0. The van der Waals surface area contributed by atoms with Crippen molar-refractivity contribution >= 4 is 19.1 Å². The fraction of sp³-hybridized carbons (Fsp3) is 0.545. The summed E-state index contributed by atoms with van der Waals surface area (Å²) >= 11 is 0. The standard InChI is InChI=1S/C11H21N7OP/c1-16(2)20(17(3)4,18(5)6)19-11-9-10(13-7-12-9)14-8-15-11/h7-8H,1-6H3,(H,12,13,14,15)/q+1. The van der Waals surface area contributed by atoms with Crippen LogP contribution in [0.1, 0.15) is 0 Å². The van der Waals surface area contributed by atoms with E-state index in [1.54, 1.807) is 6.33 Å². The quantitative estimate of drug-likeness (QED) is 0.828. The summed E-state index contributed by atoms with van der Waals surface area (Å²) < 4.78 is 12.6. The van der Waals surface area contributed by atoms with E-state index in [1.165, 1.54) is 6.33 Å². The van der Waals surface area contributed by atoms with Gasteiger partial charge in [0.1, 0.15) is 6.33 Å². The van der Waals surface area contributed by atoms with Crippen molar-refractivity contribution in [2.45, 2.75) is 0 Å². The number of hydrogen-bond acceptors (Lipinski definition) is 7. The number of nitrogens with one attached hydrogen (secondary N) is 1. The van der Waals surface area contributed by atoms with Gasteiger partial charge in [-0.1, -0.05) is 0 Å². The van der Waals surface area contributed by atoms with E-state index in [1.807, 2.05) is 42.3 Å². The Morgan fingerprint density at radius 1 is 0.950 bits per heavy atom. The second-order valence-corrected chi connectivity index (χ2v) is 8.54. The van der Waals surface area contributed by atoms with Gasteiger partial charge in [0.05, 0.1) is 6.33 Å². The molecule has 2 heterocycles. The summed E-state index contributed by atoms with van der Waals surface area (Å²) in [6, 6.07) is 0. The molecule has 0 aliphatic carbocycles. The summed E-state index contributed by atoms with van der Waals surface area (Å²) in [4.78, 5) is 15.5. The molecule has 0 saturated carbocycles. The molecule has 2 aromatic rings. The van der Waals surface area contributed by atoms with Gasteiger partial charge in [-0.3, -0.25) is 4.52 Å². The first-order valence-corrected chi connectivity index (χ1v) is 7.72. The number of fused-ring (bicyclic) bond motifs is 1. The van der Waals surface area contributed by atoms with E-state index in [0.29, 0.717) is 17.0 Å². The average Bonchev–Trinajstić information content (AvgIpc) is 2.83. The molecule has 0 atom stereocenters. The highest BCUT2D eigenvalue weighted by molar-refractivity contribution is 7.64. The van der Waals surface area contributed by atoms with E-state index >= 15 is 0 Å². The molecule has 20 heavy (non-hydrogen) atoms. The molecule has 0 amide bonds. The fourth-order valence-corrected chi connectivity index (χ4v) is 5.25. The van der Waals surface area contributed by atoms with Crippen LogP contribution in [-0.4, -0.2) is 76.2 Å². The predicted molar refractivity (Wildman–Crippen MR) is 80.3 cm³/mol. The van der Waals surface area contributed by atoms with E-state index < -0.39 is 7.94 Å². The number of aromatic nitrogens is 4. The maximum Gasteiger partial charge on any atom is 0.418 e. The third-order valence-electron chi connectivity index (χ3n) is 2.96. The van der Waals surface area contributed by atoms with E-state index in [0.717, 1.165) is 0 Å². The predicted octanol–water partition coefficient (Wildman–Crippen LogP) is 1.09. The summed E-state index contributed by atoms with van der Waals surface area (Å²) in [5.74, 6) is 0.511. The zero-order valence-electron chi connectivity index (χ0n) is 12.7. The lowest BCUT2D eigenvalue weighted by Crippen LogP contribution is -2.39. The molecule has 0 fully saturated rings. The van der Waals surface area contributed by atoms with Gasteiger partial charge in [-0.05, 0) is 0 Å². The van der Waals surface area contributed by atoms with Gasteiger partial charge in [0.15, 0.2) is 11.2 Å². The van der Waals surface area contributed by atoms with Gasteiger partial charge >= 0.3 is 13.8 Å². The van der Waals surface area contributed by atoms with Crippen molar-refractivity contribution in [3.63, 3.8) is 0 Å². The van der Waals surface area contributed by atoms with Crippen LogP contribution in [0.2, 0.25) is 0 Å². The van der Waals surface area contributed by atoms with Crippen LogP contribution in [0.3, 0.4) is 0 Å². The Hall–Kier alpha value is -1.34. The van der Waals surface area contributed by atoms with E-state index in [2.05, 4.69) is 33.9 Å². The maximum absolute atomic E-state index is 6.32. The minimum absolute atomic E-state index is 0.511. The fourth-order valence-electron chi connectivity index (χ4n) is 2.25. The third kappa shape index (κ3) is 2.35. The van der Waals surface area contributed by atoms with Gasteiger partial charge in [-0.2, -0.15) is 4.98 Å². The van der Waals surface area contributed by atoms with Gasteiger partial charge in [-0.15, -0.1) is 14.0 Å². The molecule has 0 aliphatic rings. The van der Waals surface area contributed by atoms with Crippen LogP contribution in [0.25, 0.3) is 11.2 Å². The Balaban J connectivity index is 2.49. The van der Waals surface area contributed by atoms with E-state index in [-0.39, 0.29) is 0 Å². The van der Waals surface area contributed by atoms with E-state index in [4.69, 9.17) is 4.52 Å². The highest BCUT2D eigenvalue weighted by Crippen LogP contribution is 2.63. The zero-order chi connectivity index (χ0) is 14.9. The van der Waals surface area contributed by atoms with Crippen LogP contribution < -0.4 is 4.52 Å². The van der Waals surface area contributed by atoms with Crippen LogP contribution >= 0.6 is 7.94 Å². The molecule has 0 aromatic carbocycles. The number of imidazole rings is 1. The number of rotatable bonds is 5. The number of H-pyrrole nitrogens is 1. The summed E-state index contributed by atoms with van der Waals surface area (Å²) in [7, 11) is 9.84. The molecule has 0 unspecified atom stereocenters. The first-order chi connectivity index (χ1) is 9.39. The van der Waals surface area contributed by atoms with E-state index in [9.17, 15) is 0 Å². The van der Waals surface area contributed by atoms with Gasteiger partial charge < -0.3 is 4.98 Å². The van der Waals surface area contributed by atoms with Gasteiger partial charge in [0.2, 0.25) is 0 Å². The molecular weight excluding hydrogens is 277 g/mol. The topological polar surface area (TPSA) is 73.4 Å². The average molecular weight is 298 g/mol. The molecule has 9 heteroatoms. The highest BCUT2D eigenvalue weighted by Gasteiger charge is 2.53. The molecule has 110 valence electrons. The minimum Gasteiger partial charge on any atom is -0.339 e. The molecule has 2 aromatic heterocycles. The third-order valence-corrected chi connectivity index (χ3v) is 6.50.